The lowest BCUT2D eigenvalue weighted by Gasteiger charge is -2.24. The van der Waals surface area contributed by atoms with Crippen LogP contribution in [0.2, 0.25) is 0 Å². The topological polar surface area (TPSA) is 37.3 Å². The molecule has 0 aliphatic heterocycles. The molecule has 2 aromatic rings. The van der Waals surface area contributed by atoms with E-state index in [0.29, 0.717) is 12.5 Å². The zero-order valence-corrected chi connectivity index (χ0v) is 13.7. The van der Waals surface area contributed by atoms with Crippen molar-refractivity contribution in [2.45, 2.75) is 38.3 Å². The van der Waals surface area contributed by atoms with E-state index in [1.54, 1.807) is 0 Å². The fourth-order valence-corrected chi connectivity index (χ4v) is 3.05. The smallest absolute Gasteiger partial charge is 0.224 e. The minimum absolute atomic E-state index is 0.104. The second-order valence-corrected chi connectivity index (χ2v) is 6.51. The van der Waals surface area contributed by atoms with Crippen molar-refractivity contribution in [1.29, 1.82) is 0 Å². The summed E-state index contributed by atoms with van der Waals surface area (Å²) in [4.78, 5) is 14.6. The maximum Gasteiger partial charge on any atom is 0.224 e. The second kappa shape index (κ2) is 6.13. The number of para-hydroxylation sites is 1. The molecule has 1 saturated carbocycles. The summed E-state index contributed by atoms with van der Waals surface area (Å²) in [5, 5.41) is 4.25. The number of likely N-dealkylation sites (N-methyl/N-ethyl adjacent to an activating group) is 1. The van der Waals surface area contributed by atoms with Gasteiger partial charge in [-0.1, -0.05) is 18.2 Å². The fraction of sp³-hybridized carbons (Fsp3) is 0.500. The average Bonchev–Trinajstić information content (AvgIpc) is 3.31. The van der Waals surface area contributed by atoms with Gasteiger partial charge in [0, 0.05) is 42.8 Å². The van der Waals surface area contributed by atoms with E-state index in [0.717, 1.165) is 18.2 Å². The summed E-state index contributed by atoms with van der Waals surface area (Å²) in [5.41, 5.74) is 2.27. The van der Waals surface area contributed by atoms with Crippen LogP contribution in [0.3, 0.4) is 0 Å². The molecule has 1 aromatic carbocycles. The first-order valence-corrected chi connectivity index (χ1v) is 8.08. The summed E-state index contributed by atoms with van der Waals surface area (Å²) < 4.78 is 2.08. The van der Waals surface area contributed by atoms with E-state index in [1.165, 1.54) is 23.7 Å². The molecule has 1 aromatic heterocycles. The number of hydrogen-bond acceptors (Lipinski definition) is 2. The Morgan fingerprint density at radius 1 is 1.41 bits per heavy atom. The highest BCUT2D eigenvalue weighted by atomic mass is 16.1. The van der Waals surface area contributed by atoms with Crippen LogP contribution in [0, 0.1) is 0 Å². The summed E-state index contributed by atoms with van der Waals surface area (Å²) in [6.45, 7) is 2.90. The molecule has 0 bridgehead atoms. The zero-order valence-electron chi connectivity index (χ0n) is 13.7. The molecule has 0 saturated heterocycles. The number of aryl methyl sites for hydroxylation is 1. The summed E-state index contributed by atoms with van der Waals surface area (Å²) in [6.07, 6.45) is 5.10. The molecule has 1 heterocycles. The highest BCUT2D eigenvalue weighted by molar-refractivity contribution is 5.89. The molecule has 0 radical (unpaired) electrons. The van der Waals surface area contributed by atoms with Crippen LogP contribution < -0.4 is 5.32 Å². The minimum atomic E-state index is 0.104. The van der Waals surface area contributed by atoms with Gasteiger partial charge in [0.25, 0.3) is 0 Å². The predicted octanol–water partition coefficient (Wildman–Crippen LogP) is 2.32. The lowest BCUT2D eigenvalue weighted by molar-refractivity contribution is -0.120. The van der Waals surface area contributed by atoms with E-state index in [2.05, 4.69) is 47.1 Å². The molecule has 0 unspecified atom stereocenters. The Labute approximate surface area is 132 Å². The van der Waals surface area contributed by atoms with E-state index in [9.17, 15) is 4.79 Å². The molecule has 1 amide bonds. The number of fused-ring (bicyclic) bond motifs is 1. The third-order valence-electron chi connectivity index (χ3n) is 4.74. The lowest BCUT2D eigenvalue weighted by Crippen LogP contribution is -2.41. The van der Waals surface area contributed by atoms with Crippen molar-refractivity contribution in [3.63, 3.8) is 0 Å². The number of hydrogen-bond donors (Lipinski definition) is 1. The monoisotopic (exact) mass is 299 g/mol. The highest BCUT2D eigenvalue weighted by Crippen LogP contribution is 2.26. The first kappa shape index (κ1) is 15.1. The third kappa shape index (κ3) is 3.17. The Morgan fingerprint density at radius 2 is 2.14 bits per heavy atom. The molecular formula is C18H25N3O. The van der Waals surface area contributed by atoms with E-state index < -0.39 is 0 Å². The van der Waals surface area contributed by atoms with Crippen LogP contribution in [0.4, 0.5) is 0 Å². The van der Waals surface area contributed by atoms with Gasteiger partial charge < -0.3 is 9.88 Å². The van der Waals surface area contributed by atoms with Crippen LogP contribution in [0.25, 0.3) is 10.9 Å². The molecule has 1 fully saturated rings. The van der Waals surface area contributed by atoms with Crippen LogP contribution in [0.15, 0.2) is 30.5 Å². The van der Waals surface area contributed by atoms with Crippen molar-refractivity contribution in [2.75, 3.05) is 13.6 Å². The van der Waals surface area contributed by atoms with Crippen LogP contribution in [0.1, 0.15) is 25.3 Å². The molecule has 4 heteroatoms. The number of nitrogens with one attached hydrogen (secondary N) is 1. The molecule has 22 heavy (non-hydrogen) atoms. The Kier molecular flexibility index (Phi) is 4.21. The largest absolute Gasteiger partial charge is 0.354 e. The van der Waals surface area contributed by atoms with Gasteiger partial charge >= 0.3 is 0 Å². The van der Waals surface area contributed by atoms with Crippen molar-refractivity contribution in [2.24, 2.45) is 7.05 Å². The summed E-state index contributed by atoms with van der Waals surface area (Å²) >= 11 is 0. The Balaban J connectivity index is 1.59. The zero-order chi connectivity index (χ0) is 15.7. The lowest BCUT2D eigenvalue weighted by atomic mass is 10.1. The predicted molar refractivity (Wildman–Crippen MR) is 89.9 cm³/mol. The van der Waals surface area contributed by atoms with E-state index in [1.807, 2.05) is 19.2 Å². The maximum atomic E-state index is 12.2. The Hall–Kier alpha value is -1.81. The maximum absolute atomic E-state index is 12.2. The summed E-state index contributed by atoms with van der Waals surface area (Å²) in [5.74, 6) is 0.104. The van der Waals surface area contributed by atoms with Gasteiger partial charge in [0.05, 0.1) is 6.42 Å². The van der Waals surface area contributed by atoms with Gasteiger partial charge in [0.15, 0.2) is 0 Å². The van der Waals surface area contributed by atoms with Gasteiger partial charge in [-0.25, -0.2) is 0 Å². The third-order valence-corrected chi connectivity index (χ3v) is 4.74. The van der Waals surface area contributed by atoms with Crippen LogP contribution in [-0.2, 0) is 18.3 Å². The minimum Gasteiger partial charge on any atom is -0.354 e. The molecule has 1 aliphatic rings. The Bertz CT molecular complexity index is 672. The van der Waals surface area contributed by atoms with Crippen LogP contribution in [-0.4, -0.2) is 41.1 Å². The van der Waals surface area contributed by atoms with Crippen LogP contribution in [0.5, 0.6) is 0 Å². The van der Waals surface area contributed by atoms with Crippen molar-refractivity contribution < 1.29 is 4.79 Å². The molecule has 0 spiro atoms. The standard InChI is InChI=1S/C18H25N3O/c1-13(21(3)15-8-9-15)11-19-18(22)10-14-12-20(2)17-7-5-4-6-16(14)17/h4-7,12-13,15H,8-11H2,1-3H3,(H,19,22)/t13-/m1/s1. The van der Waals surface area contributed by atoms with Crippen molar-refractivity contribution >= 4 is 16.8 Å². The van der Waals surface area contributed by atoms with Crippen molar-refractivity contribution in [3.05, 3.63) is 36.0 Å². The van der Waals surface area contributed by atoms with Gasteiger partial charge in [-0.15, -0.1) is 0 Å². The fourth-order valence-electron chi connectivity index (χ4n) is 3.05. The SMILES string of the molecule is C[C@H](CNC(=O)Cc1cn(C)c2ccccc12)N(C)C1CC1. The van der Waals surface area contributed by atoms with E-state index in [-0.39, 0.29) is 5.91 Å². The van der Waals surface area contributed by atoms with Crippen molar-refractivity contribution in [1.82, 2.24) is 14.8 Å². The molecule has 1 atom stereocenters. The molecule has 4 nitrogen and oxygen atoms in total. The van der Waals surface area contributed by atoms with E-state index in [4.69, 9.17) is 0 Å². The molecular weight excluding hydrogens is 274 g/mol. The number of amides is 1. The number of nitrogens with zero attached hydrogens (tertiary/aromatic N) is 2. The van der Waals surface area contributed by atoms with Gasteiger partial charge in [-0.2, -0.15) is 0 Å². The molecule has 3 rings (SSSR count). The average molecular weight is 299 g/mol. The Morgan fingerprint density at radius 3 is 2.86 bits per heavy atom. The normalized spacial score (nSPS) is 16.2. The molecule has 1 aliphatic carbocycles. The van der Waals surface area contributed by atoms with Gasteiger partial charge in [0.2, 0.25) is 5.91 Å². The second-order valence-electron chi connectivity index (χ2n) is 6.51. The van der Waals surface area contributed by atoms with Gasteiger partial charge in [0.1, 0.15) is 0 Å². The van der Waals surface area contributed by atoms with Crippen LogP contribution >= 0.6 is 0 Å². The molecule has 1 N–H and O–H groups in total. The first-order chi connectivity index (χ1) is 10.6. The number of aromatic nitrogens is 1. The van der Waals surface area contributed by atoms with Crippen molar-refractivity contribution in [3.8, 4) is 0 Å². The quantitative estimate of drug-likeness (QED) is 0.889. The number of benzene rings is 1. The summed E-state index contributed by atoms with van der Waals surface area (Å²) in [6, 6.07) is 9.34. The van der Waals surface area contributed by atoms with Gasteiger partial charge in [-0.05, 0) is 38.4 Å². The number of rotatable bonds is 6. The highest BCUT2D eigenvalue weighted by Gasteiger charge is 2.29. The molecule has 118 valence electrons. The van der Waals surface area contributed by atoms with Gasteiger partial charge in [-0.3, -0.25) is 9.69 Å². The first-order valence-electron chi connectivity index (χ1n) is 8.08. The number of carbonyl (C=O) groups excluding carboxylic acids is 1. The summed E-state index contributed by atoms with van der Waals surface area (Å²) in [7, 11) is 4.18. The number of carbonyl (C=O) groups is 1. The van der Waals surface area contributed by atoms with E-state index >= 15 is 0 Å².